The van der Waals surface area contributed by atoms with Crippen LogP contribution in [0.25, 0.3) is 10.2 Å². The number of hydrogen-bond acceptors (Lipinski definition) is 7. The van der Waals surface area contributed by atoms with Crippen LogP contribution in [0.3, 0.4) is 0 Å². The van der Waals surface area contributed by atoms with Gasteiger partial charge in [-0.1, -0.05) is 29.5 Å². The van der Waals surface area contributed by atoms with E-state index in [0.29, 0.717) is 29.6 Å². The minimum Gasteiger partial charge on any atom is -0.497 e. The molecule has 0 aliphatic carbocycles. The molecule has 1 aliphatic heterocycles. The average Bonchev–Trinajstić information content (AvgIpc) is 3.21. The van der Waals surface area contributed by atoms with Gasteiger partial charge in [0.25, 0.3) is 5.19 Å². The number of carbonyl (C=O) groups excluding carboxylic acids is 1. The Hall–Kier alpha value is -2.65. The molecule has 1 aromatic heterocycles. The number of amides is 1. The summed E-state index contributed by atoms with van der Waals surface area (Å²) >= 11 is 1.50. The van der Waals surface area contributed by atoms with Gasteiger partial charge in [0, 0.05) is 38.4 Å². The Morgan fingerprint density at radius 2 is 1.91 bits per heavy atom. The number of thiazole rings is 1. The molecule has 0 saturated carbocycles. The SMILES string of the molecule is COc1ccc2sc(OC3CCN(C(=O)CCCS(=O)(=O)c4ccccc4)CC3)nc2c1. The van der Waals surface area contributed by atoms with E-state index >= 15 is 0 Å². The number of benzene rings is 2. The molecule has 1 amide bonds. The first-order valence-corrected chi connectivity index (χ1v) is 13.1. The van der Waals surface area contributed by atoms with Crippen molar-refractivity contribution < 1.29 is 22.7 Å². The molecular formula is C23H26N2O5S2. The van der Waals surface area contributed by atoms with Crippen LogP contribution in [-0.2, 0) is 14.6 Å². The lowest BCUT2D eigenvalue weighted by molar-refractivity contribution is -0.133. The van der Waals surface area contributed by atoms with Crippen LogP contribution in [0.2, 0.25) is 0 Å². The molecule has 0 N–H and O–H groups in total. The van der Waals surface area contributed by atoms with Crippen molar-refractivity contribution in [3.05, 3.63) is 48.5 Å². The fourth-order valence-corrected chi connectivity index (χ4v) is 5.94. The molecule has 1 fully saturated rings. The van der Waals surface area contributed by atoms with Crippen molar-refractivity contribution in [3.8, 4) is 10.9 Å². The van der Waals surface area contributed by atoms with Crippen LogP contribution in [-0.4, -0.2) is 56.3 Å². The highest BCUT2D eigenvalue weighted by atomic mass is 32.2. The number of fused-ring (bicyclic) bond motifs is 1. The molecule has 0 spiro atoms. The first-order valence-electron chi connectivity index (χ1n) is 10.6. The van der Waals surface area contributed by atoms with E-state index in [-0.39, 0.29) is 24.2 Å². The number of ether oxygens (including phenoxy) is 2. The van der Waals surface area contributed by atoms with Crippen molar-refractivity contribution in [2.24, 2.45) is 0 Å². The molecule has 0 unspecified atom stereocenters. The van der Waals surface area contributed by atoms with Gasteiger partial charge >= 0.3 is 0 Å². The number of rotatable bonds is 8. The number of hydrogen-bond donors (Lipinski definition) is 0. The number of methoxy groups -OCH3 is 1. The summed E-state index contributed by atoms with van der Waals surface area (Å²) in [4.78, 5) is 19.2. The molecule has 0 radical (unpaired) electrons. The second-order valence-electron chi connectivity index (χ2n) is 7.75. The quantitative estimate of drug-likeness (QED) is 0.492. The van der Waals surface area contributed by atoms with E-state index in [1.165, 1.54) is 11.3 Å². The number of aromatic nitrogens is 1. The van der Waals surface area contributed by atoms with E-state index < -0.39 is 9.84 Å². The molecule has 0 bridgehead atoms. The van der Waals surface area contributed by atoms with E-state index in [1.807, 2.05) is 18.2 Å². The van der Waals surface area contributed by atoms with Gasteiger partial charge < -0.3 is 14.4 Å². The standard InChI is InChI=1S/C23H26N2O5S2/c1-29-18-9-10-21-20(16-18)24-23(31-21)30-17-11-13-25(14-12-17)22(26)8-5-15-32(27,28)19-6-3-2-4-7-19/h2-4,6-7,9-10,16-17H,5,8,11-15H2,1H3. The first kappa shape index (κ1) is 22.5. The zero-order valence-electron chi connectivity index (χ0n) is 17.9. The van der Waals surface area contributed by atoms with Gasteiger partial charge in [0.2, 0.25) is 5.91 Å². The van der Waals surface area contributed by atoms with Crippen LogP contribution >= 0.6 is 11.3 Å². The predicted molar refractivity (Wildman–Crippen MR) is 124 cm³/mol. The number of nitrogens with zero attached hydrogens (tertiary/aromatic N) is 2. The molecule has 7 nitrogen and oxygen atoms in total. The topological polar surface area (TPSA) is 85.8 Å². The van der Waals surface area contributed by atoms with Crippen molar-refractivity contribution in [1.29, 1.82) is 0 Å². The van der Waals surface area contributed by atoms with Gasteiger partial charge in [-0.15, -0.1) is 0 Å². The van der Waals surface area contributed by atoms with Gasteiger partial charge in [-0.05, 0) is 30.7 Å². The van der Waals surface area contributed by atoms with E-state index in [9.17, 15) is 13.2 Å². The molecule has 0 atom stereocenters. The lowest BCUT2D eigenvalue weighted by Crippen LogP contribution is -2.41. The van der Waals surface area contributed by atoms with Crippen LogP contribution in [0, 0.1) is 0 Å². The molecule has 2 aromatic carbocycles. The Morgan fingerprint density at radius 3 is 2.62 bits per heavy atom. The Bertz CT molecular complexity index is 1170. The predicted octanol–water partition coefficient (Wildman–Crippen LogP) is 3.93. The van der Waals surface area contributed by atoms with E-state index in [0.717, 1.165) is 28.8 Å². The van der Waals surface area contributed by atoms with Crippen LogP contribution in [0.1, 0.15) is 25.7 Å². The van der Waals surface area contributed by atoms with E-state index in [4.69, 9.17) is 9.47 Å². The Labute approximate surface area is 191 Å². The van der Waals surface area contributed by atoms with Crippen LogP contribution < -0.4 is 9.47 Å². The first-order chi connectivity index (χ1) is 15.4. The highest BCUT2D eigenvalue weighted by Crippen LogP contribution is 2.32. The normalized spacial score (nSPS) is 15.1. The lowest BCUT2D eigenvalue weighted by atomic mass is 10.1. The van der Waals surface area contributed by atoms with Crippen LogP contribution in [0.15, 0.2) is 53.4 Å². The summed E-state index contributed by atoms with van der Waals surface area (Å²) in [6.45, 7) is 1.21. The molecule has 1 aliphatic rings. The second kappa shape index (κ2) is 9.87. The smallest absolute Gasteiger partial charge is 0.274 e. The van der Waals surface area contributed by atoms with Gasteiger partial charge in [-0.3, -0.25) is 4.79 Å². The zero-order valence-corrected chi connectivity index (χ0v) is 19.5. The Kier molecular flexibility index (Phi) is 6.95. The molecule has 1 saturated heterocycles. The lowest BCUT2D eigenvalue weighted by Gasteiger charge is -2.31. The number of sulfone groups is 1. The van der Waals surface area contributed by atoms with Gasteiger partial charge in [0.1, 0.15) is 11.9 Å². The van der Waals surface area contributed by atoms with Crippen molar-refractivity contribution in [2.75, 3.05) is 26.0 Å². The van der Waals surface area contributed by atoms with Crippen molar-refractivity contribution in [2.45, 2.75) is 36.7 Å². The molecule has 2 heterocycles. The molecular weight excluding hydrogens is 448 g/mol. The highest BCUT2D eigenvalue weighted by molar-refractivity contribution is 7.91. The van der Waals surface area contributed by atoms with Crippen molar-refractivity contribution >= 4 is 37.3 Å². The molecule has 32 heavy (non-hydrogen) atoms. The van der Waals surface area contributed by atoms with Crippen molar-refractivity contribution in [3.63, 3.8) is 0 Å². The maximum Gasteiger partial charge on any atom is 0.274 e. The summed E-state index contributed by atoms with van der Waals surface area (Å²) in [5.41, 5.74) is 0.849. The second-order valence-corrected chi connectivity index (χ2v) is 10.8. The van der Waals surface area contributed by atoms with Gasteiger partial charge in [-0.25, -0.2) is 13.4 Å². The molecule has 4 rings (SSSR count). The molecule has 3 aromatic rings. The molecule has 170 valence electrons. The third-order valence-corrected chi connectivity index (χ3v) is 8.29. The maximum absolute atomic E-state index is 12.5. The van der Waals surface area contributed by atoms with Gasteiger partial charge in [0.05, 0.1) is 28.0 Å². The number of likely N-dealkylation sites (tertiary alicyclic amines) is 1. The third kappa shape index (κ3) is 5.39. The summed E-state index contributed by atoms with van der Waals surface area (Å²) in [6.07, 6.45) is 2.03. The Morgan fingerprint density at radius 1 is 1.16 bits per heavy atom. The van der Waals surface area contributed by atoms with Crippen LogP contribution in [0.4, 0.5) is 0 Å². The zero-order chi connectivity index (χ0) is 22.6. The summed E-state index contributed by atoms with van der Waals surface area (Å²) in [7, 11) is -1.72. The molecule has 9 heteroatoms. The average molecular weight is 475 g/mol. The van der Waals surface area contributed by atoms with Crippen LogP contribution in [0.5, 0.6) is 10.9 Å². The van der Waals surface area contributed by atoms with Gasteiger partial charge in [-0.2, -0.15) is 0 Å². The number of piperidine rings is 1. The fraction of sp³-hybridized carbons (Fsp3) is 0.391. The minimum absolute atomic E-state index is 0.00112. The highest BCUT2D eigenvalue weighted by Gasteiger charge is 2.25. The monoisotopic (exact) mass is 474 g/mol. The summed E-state index contributed by atoms with van der Waals surface area (Å²) in [6, 6.07) is 14.1. The maximum atomic E-state index is 12.5. The van der Waals surface area contributed by atoms with E-state index in [1.54, 1.807) is 42.3 Å². The van der Waals surface area contributed by atoms with Crippen molar-refractivity contribution in [1.82, 2.24) is 9.88 Å². The summed E-state index contributed by atoms with van der Waals surface area (Å²) in [5, 5.41) is 0.629. The number of carbonyl (C=O) groups is 1. The fourth-order valence-electron chi connectivity index (χ4n) is 3.75. The third-order valence-electron chi connectivity index (χ3n) is 5.54. The van der Waals surface area contributed by atoms with Gasteiger partial charge in [0.15, 0.2) is 9.84 Å². The minimum atomic E-state index is -3.35. The summed E-state index contributed by atoms with van der Waals surface area (Å²) < 4.78 is 37.1. The van der Waals surface area contributed by atoms with E-state index in [2.05, 4.69) is 4.98 Å². The Balaban J connectivity index is 1.23. The largest absolute Gasteiger partial charge is 0.497 e. The summed E-state index contributed by atoms with van der Waals surface area (Å²) in [5.74, 6) is 0.738.